The summed E-state index contributed by atoms with van der Waals surface area (Å²) >= 11 is 0. The van der Waals surface area contributed by atoms with Gasteiger partial charge in [0.25, 0.3) is 0 Å². The first kappa shape index (κ1) is 14.7. The Balaban J connectivity index is 2.57. The van der Waals surface area contributed by atoms with Crippen LogP contribution in [0.1, 0.15) is 34.0 Å². The quantitative estimate of drug-likeness (QED) is 0.443. The van der Waals surface area contributed by atoms with Gasteiger partial charge in [-0.1, -0.05) is 17.7 Å². The monoisotopic (exact) mass is 252 g/mol. The topological polar surface area (TPSA) is 44.8 Å². The summed E-state index contributed by atoms with van der Waals surface area (Å²) in [6.07, 6.45) is 0. The van der Waals surface area contributed by atoms with Crippen LogP contribution in [-0.4, -0.2) is 25.8 Å². The van der Waals surface area contributed by atoms with Gasteiger partial charge in [0.15, 0.2) is 0 Å². The lowest BCUT2D eigenvalue weighted by atomic mass is 10.0. The SMILES string of the molecule is CCOCCOOC(=O)c1c(C)cc(C)cc1C. The van der Waals surface area contributed by atoms with Gasteiger partial charge in [0.2, 0.25) is 0 Å². The maximum Gasteiger partial charge on any atom is 0.373 e. The van der Waals surface area contributed by atoms with Crippen molar-refractivity contribution in [2.24, 2.45) is 0 Å². The third-order valence-corrected chi connectivity index (χ3v) is 2.53. The molecular weight excluding hydrogens is 232 g/mol. The Morgan fingerprint density at radius 2 is 1.72 bits per heavy atom. The Morgan fingerprint density at radius 1 is 1.11 bits per heavy atom. The summed E-state index contributed by atoms with van der Waals surface area (Å²) in [6.45, 7) is 8.93. The van der Waals surface area contributed by atoms with Crippen molar-refractivity contribution >= 4 is 5.97 Å². The molecule has 1 aromatic carbocycles. The standard InChI is InChI=1S/C14H20O4/c1-5-16-6-7-17-18-14(15)13-11(3)8-10(2)9-12(13)4/h8-9H,5-7H2,1-4H3. The molecule has 1 aromatic rings. The van der Waals surface area contributed by atoms with Crippen molar-refractivity contribution in [1.29, 1.82) is 0 Å². The van der Waals surface area contributed by atoms with Crippen molar-refractivity contribution in [3.8, 4) is 0 Å². The summed E-state index contributed by atoms with van der Waals surface area (Å²) in [5, 5.41) is 0. The fourth-order valence-corrected chi connectivity index (χ4v) is 1.88. The van der Waals surface area contributed by atoms with E-state index in [1.165, 1.54) is 0 Å². The van der Waals surface area contributed by atoms with E-state index in [2.05, 4.69) is 0 Å². The number of hydrogen-bond acceptors (Lipinski definition) is 4. The maximum absolute atomic E-state index is 11.8. The van der Waals surface area contributed by atoms with Crippen LogP contribution in [0.3, 0.4) is 0 Å². The number of benzene rings is 1. The van der Waals surface area contributed by atoms with Crippen LogP contribution in [0.2, 0.25) is 0 Å². The van der Waals surface area contributed by atoms with E-state index in [9.17, 15) is 4.79 Å². The first-order valence-electron chi connectivity index (χ1n) is 6.05. The molecule has 0 atom stereocenters. The average Bonchev–Trinajstić information content (AvgIpc) is 2.27. The third kappa shape index (κ3) is 4.13. The molecule has 4 nitrogen and oxygen atoms in total. The summed E-state index contributed by atoms with van der Waals surface area (Å²) in [5.74, 6) is -0.457. The molecule has 1 rings (SSSR count). The van der Waals surface area contributed by atoms with E-state index in [0.29, 0.717) is 18.8 Å². The summed E-state index contributed by atoms with van der Waals surface area (Å²) in [7, 11) is 0. The van der Waals surface area contributed by atoms with Gasteiger partial charge in [0, 0.05) is 6.61 Å². The van der Waals surface area contributed by atoms with Gasteiger partial charge in [-0.25, -0.2) is 4.79 Å². The van der Waals surface area contributed by atoms with E-state index in [-0.39, 0.29) is 6.61 Å². The molecule has 0 unspecified atom stereocenters. The number of carbonyl (C=O) groups excluding carboxylic acids is 1. The Morgan fingerprint density at radius 3 is 2.28 bits per heavy atom. The number of aryl methyl sites for hydroxylation is 3. The van der Waals surface area contributed by atoms with E-state index in [1.54, 1.807) is 0 Å². The Bertz CT molecular complexity index is 389. The van der Waals surface area contributed by atoms with E-state index in [4.69, 9.17) is 14.5 Å². The number of ether oxygens (including phenoxy) is 1. The summed E-state index contributed by atoms with van der Waals surface area (Å²) in [4.78, 5) is 21.4. The molecule has 0 amide bonds. The van der Waals surface area contributed by atoms with E-state index in [0.717, 1.165) is 16.7 Å². The molecule has 0 saturated heterocycles. The van der Waals surface area contributed by atoms with Crippen LogP contribution in [0.4, 0.5) is 0 Å². The minimum absolute atomic E-state index is 0.240. The number of rotatable bonds is 6. The molecule has 0 heterocycles. The lowest BCUT2D eigenvalue weighted by Crippen LogP contribution is -2.12. The summed E-state index contributed by atoms with van der Waals surface area (Å²) < 4.78 is 5.07. The van der Waals surface area contributed by atoms with Crippen LogP contribution in [0, 0.1) is 20.8 Å². The third-order valence-electron chi connectivity index (χ3n) is 2.53. The van der Waals surface area contributed by atoms with Crippen molar-refractivity contribution in [3.63, 3.8) is 0 Å². The van der Waals surface area contributed by atoms with Crippen LogP contribution in [0.15, 0.2) is 12.1 Å². The molecular formula is C14H20O4. The second kappa shape index (κ2) is 7.13. The van der Waals surface area contributed by atoms with Crippen LogP contribution >= 0.6 is 0 Å². The highest BCUT2D eigenvalue weighted by atomic mass is 17.2. The second-order valence-corrected chi connectivity index (χ2v) is 4.16. The fourth-order valence-electron chi connectivity index (χ4n) is 1.88. The zero-order valence-electron chi connectivity index (χ0n) is 11.4. The van der Waals surface area contributed by atoms with Crippen LogP contribution < -0.4 is 0 Å². The van der Waals surface area contributed by atoms with Crippen molar-refractivity contribution in [3.05, 3.63) is 34.4 Å². The molecule has 0 saturated carbocycles. The molecule has 18 heavy (non-hydrogen) atoms. The van der Waals surface area contributed by atoms with Gasteiger partial charge in [-0.15, -0.1) is 0 Å². The van der Waals surface area contributed by atoms with Gasteiger partial charge < -0.3 is 4.74 Å². The molecule has 0 spiro atoms. The summed E-state index contributed by atoms with van der Waals surface area (Å²) in [5.41, 5.74) is 3.48. The predicted molar refractivity (Wildman–Crippen MR) is 68.5 cm³/mol. The zero-order valence-corrected chi connectivity index (χ0v) is 11.4. The van der Waals surface area contributed by atoms with Crippen LogP contribution in [-0.2, 0) is 14.5 Å². The van der Waals surface area contributed by atoms with Crippen LogP contribution in [0.5, 0.6) is 0 Å². The van der Waals surface area contributed by atoms with E-state index >= 15 is 0 Å². The normalized spacial score (nSPS) is 10.4. The Kier molecular flexibility index (Phi) is 5.82. The van der Waals surface area contributed by atoms with Gasteiger partial charge in [0.1, 0.15) is 6.61 Å². The molecule has 0 aliphatic rings. The molecule has 0 fully saturated rings. The lowest BCUT2D eigenvalue weighted by Gasteiger charge is -2.10. The van der Waals surface area contributed by atoms with E-state index < -0.39 is 5.97 Å². The number of carbonyl (C=O) groups is 1. The Hall–Kier alpha value is -1.39. The van der Waals surface area contributed by atoms with E-state index in [1.807, 2.05) is 39.8 Å². The summed E-state index contributed by atoms with van der Waals surface area (Å²) in [6, 6.07) is 3.90. The molecule has 0 aromatic heterocycles. The molecule has 0 radical (unpaired) electrons. The molecule has 4 heteroatoms. The molecule has 0 aliphatic heterocycles. The second-order valence-electron chi connectivity index (χ2n) is 4.16. The van der Waals surface area contributed by atoms with Crippen molar-refractivity contribution in [2.75, 3.05) is 19.8 Å². The molecule has 0 N–H and O–H groups in total. The van der Waals surface area contributed by atoms with Gasteiger partial charge >= 0.3 is 5.97 Å². The minimum Gasteiger partial charge on any atom is -0.379 e. The Labute approximate surface area is 108 Å². The largest absolute Gasteiger partial charge is 0.379 e. The molecule has 0 aliphatic carbocycles. The van der Waals surface area contributed by atoms with Gasteiger partial charge in [-0.2, -0.15) is 4.89 Å². The highest BCUT2D eigenvalue weighted by molar-refractivity contribution is 5.92. The van der Waals surface area contributed by atoms with Gasteiger partial charge in [-0.05, 0) is 38.8 Å². The smallest absolute Gasteiger partial charge is 0.373 e. The molecule has 100 valence electrons. The zero-order chi connectivity index (χ0) is 13.5. The van der Waals surface area contributed by atoms with Crippen molar-refractivity contribution in [2.45, 2.75) is 27.7 Å². The highest BCUT2D eigenvalue weighted by Crippen LogP contribution is 2.17. The van der Waals surface area contributed by atoms with Gasteiger partial charge in [-0.3, -0.25) is 4.89 Å². The highest BCUT2D eigenvalue weighted by Gasteiger charge is 2.15. The first-order chi connectivity index (χ1) is 8.56. The average molecular weight is 252 g/mol. The maximum atomic E-state index is 11.8. The van der Waals surface area contributed by atoms with Gasteiger partial charge in [0.05, 0.1) is 12.2 Å². The van der Waals surface area contributed by atoms with Crippen molar-refractivity contribution < 1.29 is 19.3 Å². The van der Waals surface area contributed by atoms with Crippen molar-refractivity contribution in [1.82, 2.24) is 0 Å². The predicted octanol–water partition coefficient (Wildman–Crippen LogP) is 2.74. The first-order valence-corrected chi connectivity index (χ1v) is 6.05. The van der Waals surface area contributed by atoms with Crippen LogP contribution in [0.25, 0.3) is 0 Å². The number of hydrogen-bond donors (Lipinski definition) is 0. The minimum atomic E-state index is -0.457. The fraction of sp³-hybridized carbons (Fsp3) is 0.500. The molecule has 0 bridgehead atoms. The lowest BCUT2D eigenvalue weighted by molar-refractivity contribution is -0.247.